The molecule has 0 spiro atoms. The molecule has 2 amide bonds. The highest BCUT2D eigenvalue weighted by molar-refractivity contribution is 6.31. The fraction of sp³-hybridized carbons (Fsp3) is 0.0870. The molecule has 1 aliphatic rings. The van der Waals surface area contributed by atoms with E-state index in [1.54, 1.807) is 25.1 Å². The van der Waals surface area contributed by atoms with Crippen molar-refractivity contribution in [2.24, 2.45) is 0 Å². The van der Waals surface area contributed by atoms with Gasteiger partial charge >= 0.3 is 6.09 Å². The van der Waals surface area contributed by atoms with Gasteiger partial charge in [-0.05, 0) is 48.9 Å². The summed E-state index contributed by atoms with van der Waals surface area (Å²) in [5.74, 6) is -1.35. The average molecular weight is 467 g/mol. The van der Waals surface area contributed by atoms with Crippen molar-refractivity contribution in [2.75, 3.05) is 10.2 Å². The lowest BCUT2D eigenvalue weighted by Crippen LogP contribution is -2.45. The highest BCUT2D eigenvalue weighted by Crippen LogP contribution is 2.47. The molecular formula is C23H16ClFN4O4. The maximum atomic E-state index is 15.1. The Morgan fingerprint density at radius 2 is 2.00 bits per heavy atom. The van der Waals surface area contributed by atoms with E-state index in [0.717, 1.165) is 4.90 Å². The van der Waals surface area contributed by atoms with Crippen LogP contribution in [0.2, 0.25) is 5.02 Å². The summed E-state index contributed by atoms with van der Waals surface area (Å²) in [6.07, 6.45) is -1.30. The summed E-state index contributed by atoms with van der Waals surface area (Å²) in [4.78, 5) is 32.4. The van der Waals surface area contributed by atoms with Crippen LogP contribution in [0.5, 0.6) is 0 Å². The molecule has 166 valence electrons. The van der Waals surface area contributed by atoms with Crippen LogP contribution in [0.15, 0.2) is 54.6 Å². The summed E-state index contributed by atoms with van der Waals surface area (Å²) >= 11 is 6.19. The largest absolute Gasteiger partial charge is 0.465 e. The number of carbonyl (C=O) groups excluding carboxylic acids is 1. The third-order valence-corrected chi connectivity index (χ3v) is 5.88. The van der Waals surface area contributed by atoms with Crippen LogP contribution in [0.4, 0.5) is 20.8 Å². The van der Waals surface area contributed by atoms with Crippen LogP contribution < -0.4 is 10.2 Å². The quantitative estimate of drug-likeness (QED) is 0.351. The van der Waals surface area contributed by atoms with Crippen molar-refractivity contribution in [3.63, 3.8) is 0 Å². The van der Waals surface area contributed by atoms with Crippen LogP contribution in [0, 0.1) is 12.7 Å². The van der Waals surface area contributed by atoms with E-state index in [4.69, 9.17) is 16.7 Å². The van der Waals surface area contributed by atoms with Gasteiger partial charge in [0.2, 0.25) is 11.7 Å². The second kappa shape index (κ2) is 7.29. The SMILES string of the molecule is Cc1ccc(Cl)cc1N1C(=O)c2cccc(F)c2C1(O)c1ccc2nc(NC(=O)O)[nH]c2c1. The van der Waals surface area contributed by atoms with Gasteiger partial charge in [-0.25, -0.2) is 14.2 Å². The first-order valence-corrected chi connectivity index (χ1v) is 10.2. The Labute approximate surface area is 191 Å². The number of carboxylic acid groups (broad SMARTS) is 1. The standard InChI is InChI=1S/C23H16ClFN4O4/c1-11-5-7-13(24)10-18(11)29-20(30)14-3-2-4-15(25)19(14)23(29,33)12-6-8-16-17(9-12)27-21(26-16)28-22(31)32/h2-10,33H,1H3,(H,31,32)(H2,26,27,28). The number of aromatic amines is 1. The van der Waals surface area contributed by atoms with Gasteiger partial charge < -0.3 is 15.2 Å². The number of fused-ring (bicyclic) bond motifs is 2. The van der Waals surface area contributed by atoms with Crippen molar-refractivity contribution in [1.82, 2.24) is 9.97 Å². The number of amides is 2. The molecule has 0 bridgehead atoms. The van der Waals surface area contributed by atoms with Gasteiger partial charge in [-0.3, -0.25) is 15.0 Å². The van der Waals surface area contributed by atoms with Crippen molar-refractivity contribution >= 4 is 46.3 Å². The molecule has 8 nitrogen and oxygen atoms in total. The van der Waals surface area contributed by atoms with Gasteiger partial charge in [0.05, 0.1) is 27.8 Å². The minimum absolute atomic E-state index is 0.0155. The first-order chi connectivity index (χ1) is 15.7. The Kier molecular flexibility index (Phi) is 4.62. The molecule has 4 N–H and O–H groups in total. The van der Waals surface area contributed by atoms with E-state index in [1.165, 1.54) is 36.4 Å². The molecule has 33 heavy (non-hydrogen) atoms. The number of anilines is 2. The average Bonchev–Trinajstić information content (AvgIpc) is 3.26. The number of hydrogen-bond acceptors (Lipinski definition) is 4. The lowest BCUT2D eigenvalue weighted by molar-refractivity contribution is 0.0685. The van der Waals surface area contributed by atoms with Gasteiger partial charge in [0.15, 0.2) is 0 Å². The normalized spacial score (nSPS) is 17.5. The second-order valence-corrected chi connectivity index (χ2v) is 8.09. The van der Waals surface area contributed by atoms with E-state index in [-0.39, 0.29) is 22.6 Å². The van der Waals surface area contributed by atoms with Gasteiger partial charge in [-0.15, -0.1) is 0 Å². The van der Waals surface area contributed by atoms with Crippen LogP contribution in [0.1, 0.15) is 27.0 Å². The van der Waals surface area contributed by atoms with Crippen molar-refractivity contribution in [3.05, 3.63) is 87.7 Å². The zero-order valence-electron chi connectivity index (χ0n) is 17.1. The van der Waals surface area contributed by atoms with E-state index < -0.39 is 23.5 Å². The highest BCUT2D eigenvalue weighted by Gasteiger charge is 2.53. The molecule has 4 aromatic rings. The summed E-state index contributed by atoms with van der Waals surface area (Å²) in [6.45, 7) is 1.75. The molecule has 0 fully saturated rings. The van der Waals surface area contributed by atoms with Crippen molar-refractivity contribution in [1.29, 1.82) is 0 Å². The summed E-state index contributed by atoms with van der Waals surface area (Å²) in [7, 11) is 0. The number of aromatic nitrogens is 2. The molecule has 2 heterocycles. The number of H-pyrrole nitrogens is 1. The fourth-order valence-corrected chi connectivity index (χ4v) is 4.37. The molecule has 1 aromatic heterocycles. The topological polar surface area (TPSA) is 119 Å². The second-order valence-electron chi connectivity index (χ2n) is 7.65. The zero-order valence-corrected chi connectivity index (χ0v) is 17.8. The molecule has 0 saturated heterocycles. The highest BCUT2D eigenvalue weighted by atomic mass is 35.5. The summed E-state index contributed by atoms with van der Waals surface area (Å²) in [5.41, 5.74) is -0.422. The molecular weight excluding hydrogens is 451 g/mol. The number of imidazole rings is 1. The Morgan fingerprint density at radius 1 is 1.21 bits per heavy atom. The maximum Gasteiger partial charge on any atom is 0.411 e. The lowest BCUT2D eigenvalue weighted by atomic mass is 9.92. The van der Waals surface area contributed by atoms with Gasteiger partial charge in [-0.1, -0.05) is 29.8 Å². The number of halogens is 2. The number of aliphatic hydroxyl groups is 1. The third kappa shape index (κ3) is 3.12. The van der Waals surface area contributed by atoms with Crippen LogP contribution in [0.25, 0.3) is 11.0 Å². The van der Waals surface area contributed by atoms with Gasteiger partial charge in [0.25, 0.3) is 5.91 Å². The van der Waals surface area contributed by atoms with E-state index in [0.29, 0.717) is 27.3 Å². The monoisotopic (exact) mass is 466 g/mol. The molecule has 0 saturated carbocycles. The Hall–Kier alpha value is -3.95. The molecule has 10 heteroatoms. The summed E-state index contributed by atoms with van der Waals surface area (Å²) in [6, 6.07) is 13.5. The molecule has 3 aromatic carbocycles. The minimum Gasteiger partial charge on any atom is -0.465 e. The van der Waals surface area contributed by atoms with Crippen molar-refractivity contribution < 1.29 is 24.2 Å². The molecule has 1 aliphatic heterocycles. The van der Waals surface area contributed by atoms with Crippen molar-refractivity contribution in [3.8, 4) is 0 Å². The van der Waals surface area contributed by atoms with Gasteiger partial charge in [0.1, 0.15) is 5.82 Å². The van der Waals surface area contributed by atoms with Crippen LogP contribution >= 0.6 is 11.6 Å². The van der Waals surface area contributed by atoms with E-state index in [9.17, 15) is 14.7 Å². The first kappa shape index (κ1) is 20.9. The predicted octanol–water partition coefficient (Wildman–Crippen LogP) is 4.61. The number of carbonyl (C=O) groups is 2. The summed E-state index contributed by atoms with van der Waals surface area (Å²) < 4.78 is 15.1. The predicted molar refractivity (Wildman–Crippen MR) is 120 cm³/mol. The van der Waals surface area contributed by atoms with Crippen LogP contribution in [0.3, 0.4) is 0 Å². The summed E-state index contributed by atoms with van der Waals surface area (Å²) in [5, 5.41) is 23.5. The molecule has 0 radical (unpaired) electrons. The molecule has 0 aliphatic carbocycles. The van der Waals surface area contributed by atoms with Crippen molar-refractivity contribution in [2.45, 2.75) is 12.6 Å². The fourth-order valence-electron chi connectivity index (χ4n) is 4.20. The smallest absolute Gasteiger partial charge is 0.411 e. The molecule has 1 unspecified atom stereocenters. The van der Waals surface area contributed by atoms with E-state index >= 15 is 4.39 Å². The number of hydrogen-bond donors (Lipinski definition) is 4. The lowest BCUT2D eigenvalue weighted by Gasteiger charge is -2.35. The maximum absolute atomic E-state index is 15.1. The number of aryl methyl sites for hydroxylation is 1. The molecule has 5 rings (SSSR count). The number of nitrogens with zero attached hydrogens (tertiary/aromatic N) is 2. The number of nitrogens with one attached hydrogen (secondary N) is 2. The number of benzene rings is 3. The number of rotatable bonds is 3. The first-order valence-electron chi connectivity index (χ1n) is 9.82. The zero-order chi connectivity index (χ0) is 23.5. The van der Waals surface area contributed by atoms with Crippen LogP contribution in [-0.4, -0.2) is 32.2 Å². The minimum atomic E-state index is -2.20. The molecule has 1 atom stereocenters. The van der Waals surface area contributed by atoms with Crippen LogP contribution in [-0.2, 0) is 5.72 Å². The van der Waals surface area contributed by atoms with E-state index in [2.05, 4.69) is 15.3 Å². The Bertz CT molecular complexity index is 1470. The van der Waals surface area contributed by atoms with Gasteiger partial charge in [-0.2, -0.15) is 0 Å². The third-order valence-electron chi connectivity index (χ3n) is 5.64. The van der Waals surface area contributed by atoms with E-state index in [1.807, 2.05) is 0 Å². The van der Waals surface area contributed by atoms with Gasteiger partial charge in [0, 0.05) is 10.6 Å². The Balaban J connectivity index is 1.77. The Morgan fingerprint density at radius 3 is 2.76 bits per heavy atom.